The first kappa shape index (κ1) is 16.2. The molecule has 110 valence electrons. The molecule has 7 heteroatoms. The third kappa shape index (κ3) is 6.33. The highest BCUT2D eigenvalue weighted by Gasteiger charge is 2.18. The molecule has 2 N–H and O–H groups in total. The van der Waals surface area contributed by atoms with Gasteiger partial charge in [-0.3, -0.25) is 9.59 Å². The minimum absolute atomic E-state index is 0.112. The van der Waals surface area contributed by atoms with Crippen molar-refractivity contribution in [2.45, 2.75) is 18.9 Å². The lowest BCUT2D eigenvalue weighted by Crippen LogP contribution is -2.33. The van der Waals surface area contributed by atoms with Gasteiger partial charge in [-0.25, -0.2) is 8.42 Å². The lowest BCUT2D eigenvalue weighted by atomic mass is 10.0. The topological polar surface area (TPSA) is 101 Å². The molecule has 1 unspecified atom stereocenters. The van der Waals surface area contributed by atoms with Crippen LogP contribution in [0, 0.1) is 0 Å². The Kier molecular flexibility index (Phi) is 5.69. The van der Waals surface area contributed by atoms with Crippen molar-refractivity contribution in [2.24, 2.45) is 0 Å². The van der Waals surface area contributed by atoms with Crippen molar-refractivity contribution in [1.29, 1.82) is 0 Å². The number of benzene rings is 1. The van der Waals surface area contributed by atoms with Gasteiger partial charge >= 0.3 is 5.97 Å². The van der Waals surface area contributed by atoms with E-state index in [9.17, 15) is 18.0 Å². The van der Waals surface area contributed by atoms with Crippen LogP contribution >= 0.6 is 0 Å². The van der Waals surface area contributed by atoms with E-state index in [1.165, 1.54) is 0 Å². The van der Waals surface area contributed by atoms with Crippen LogP contribution in [0.2, 0.25) is 0 Å². The summed E-state index contributed by atoms with van der Waals surface area (Å²) in [6.45, 7) is 0. The highest BCUT2D eigenvalue weighted by molar-refractivity contribution is 7.91. The van der Waals surface area contributed by atoms with E-state index in [1.54, 1.807) is 30.3 Å². The molecule has 0 aromatic heterocycles. The van der Waals surface area contributed by atoms with E-state index in [2.05, 4.69) is 5.32 Å². The Morgan fingerprint density at radius 1 is 1.25 bits per heavy atom. The van der Waals surface area contributed by atoms with E-state index in [0.29, 0.717) is 0 Å². The van der Waals surface area contributed by atoms with Gasteiger partial charge in [-0.15, -0.1) is 0 Å². The fourth-order valence-corrected chi connectivity index (χ4v) is 2.31. The maximum Gasteiger partial charge on any atom is 0.303 e. The van der Waals surface area contributed by atoms with E-state index in [4.69, 9.17) is 5.11 Å². The second-order valence-corrected chi connectivity index (χ2v) is 6.67. The number of carboxylic acid groups (broad SMARTS) is 1. The molecule has 1 aromatic carbocycles. The number of hydrogen-bond acceptors (Lipinski definition) is 4. The summed E-state index contributed by atoms with van der Waals surface area (Å²) in [7, 11) is -3.41. The second kappa shape index (κ2) is 7.04. The Hall–Kier alpha value is -1.89. The molecule has 0 fully saturated rings. The lowest BCUT2D eigenvalue weighted by Gasteiger charge is -2.18. The van der Waals surface area contributed by atoms with E-state index >= 15 is 0 Å². The van der Waals surface area contributed by atoms with Crippen LogP contribution in [-0.4, -0.2) is 37.4 Å². The third-order valence-electron chi connectivity index (χ3n) is 2.58. The van der Waals surface area contributed by atoms with Gasteiger partial charge in [-0.05, 0) is 12.0 Å². The standard InChI is InChI=1S/C13H17NO5S/c1-20(18,19)9-12(15)14-11(7-8-13(16)17)10-5-3-2-4-6-10/h2-6,11H,7-9H2,1H3,(H,14,15)(H,16,17). The first-order chi connectivity index (χ1) is 9.28. The molecule has 0 saturated heterocycles. The van der Waals surface area contributed by atoms with Crippen molar-refractivity contribution in [3.05, 3.63) is 35.9 Å². The number of rotatable bonds is 7. The largest absolute Gasteiger partial charge is 0.481 e. The number of hydrogen-bond donors (Lipinski definition) is 2. The number of carboxylic acids is 1. The van der Waals surface area contributed by atoms with Gasteiger partial charge in [0.15, 0.2) is 9.84 Å². The molecule has 0 spiro atoms. The Balaban J connectivity index is 2.78. The number of aliphatic carboxylic acids is 1. The van der Waals surface area contributed by atoms with Crippen molar-refractivity contribution in [1.82, 2.24) is 5.32 Å². The summed E-state index contributed by atoms with van der Waals surface area (Å²) in [6, 6.07) is 8.34. The molecular weight excluding hydrogens is 282 g/mol. The van der Waals surface area contributed by atoms with Crippen LogP contribution in [0.25, 0.3) is 0 Å². The summed E-state index contributed by atoms with van der Waals surface area (Å²) in [5.74, 6) is -2.21. The Bertz CT molecular complexity index is 568. The molecule has 0 bridgehead atoms. The van der Waals surface area contributed by atoms with E-state index in [0.717, 1.165) is 11.8 Å². The third-order valence-corrected chi connectivity index (χ3v) is 3.36. The Labute approximate surface area is 117 Å². The first-order valence-corrected chi connectivity index (χ1v) is 8.08. The van der Waals surface area contributed by atoms with Gasteiger partial charge in [-0.2, -0.15) is 0 Å². The Morgan fingerprint density at radius 3 is 2.35 bits per heavy atom. The minimum atomic E-state index is -3.41. The molecule has 0 radical (unpaired) electrons. The number of amides is 1. The monoisotopic (exact) mass is 299 g/mol. The first-order valence-electron chi connectivity index (χ1n) is 6.02. The number of carbonyl (C=O) groups is 2. The van der Waals surface area contributed by atoms with Crippen LogP contribution in [0.5, 0.6) is 0 Å². The van der Waals surface area contributed by atoms with Crippen LogP contribution in [-0.2, 0) is 19.4 Å². The highest BCUT2D eigenvalue weighted by atomic mass is 32.2. The van der Waals surface area contributed by atoms with E-state index < -0.39 is 33.5 Å². The number of carbonyl (C=O) groups excluding carboxylic acids is 1. The predicted octanol–water partition coefficient (Wildman–Crippen LogP) is 0.753. The molecule has 0 saturated carbocycles. The smallest absolute Gasteiger partial charge is 0.303 e. The minimum Gasteiger partial charge on any atom is -0.481 e. The van der Waals surface area contributed by atoms with Gasteiger partial charge in [-0.1, -0.05) is 30.3 Å². The SMILES string of the molecule is CS(=O)(=O)CC(=O)NC(CCC(=O)O)c1ccccc1. The highest BCUT2D eigenvalue weighted by Crippen LogP contribution is 2.18. The summed E-state index contributed by atoms with van der Waals surface area (Å²) >= 11 is 0. The van der Waals surface area contributed by atoms with Gasteiger partial charge in [0.1, 0.15) is 5.75 Å². The van der Waals surface area contributed by atoms with Crippen molar-refractivity contribution < 1.29 is 23.1 Å². The fraction of sp³-hybridized carbons (Fsp3) is 0.385. The molecule has 1 rings (SSSR count). The summed E-state index contributed by atoms with van der Waals surface area (Å²) in [5, 5.41) is 11.3. The zero-order valence-electron chi connectivity index (χ0n) is 11.1. The molecule has 1 aromatic rings. The van der Waals surface area contributed by atoms with Crippen LogP contribution in [0.1, 0.15) is 24.4 Å². The molecule has 0 aliphatic rings. The average Bonchev–Trinajstić information content (AvgIpc) is 2.33. The van der Waals surface area contributed by atoms with Crippen molar-refractivity contribution >= 4 is 21.7 Å². The van der Waals surface area contributed by atoms with Crippen molar-refractivity contribution in [3.63, 3.8) is 0 Å². The summed E-state index contributed by atoms with van der Waals surface area (Å²) in [4.78, 5) is 22.3. The van der Waals surface area contributed by atoms with Crippen LogP contribution in [0.4, 0.5) is 0 Å². The molecule has 0 aliphatic heterocycles. The summed E-state index contributed by atoms with van der Waals surface area (Å²) < 4.78 is 22.1. The van der Waals surface area contributed by atoms with E-state index in [1.807, 2.05) is 0 Å². The molecule has 0 heterocycles. The predicted molar refractivity (Wildman–Crippen MR) is 73.9 cm³/mol. The zero-order chi connectivity index (χ0) is 15.2. The van der Waals surface area contributed by atoms with Crippen LogP contribution in [0.15, 0.2) is 30.3 Å². The maximum atomic E-state index is 11.6. The molecule has 0 aliphatic carbocycles. The van der Waals surface area contributed by atoms with Crippen LogP contribution in [0.3, 0.4) is 0 Å². The van der Waals surface area contributed by atoms with Gasteiger partial charge < -0.3 is 10.4 Å². The van der Waals surface area contributed by atoms with Gasteiger partial charge in [0.25, 0.3) is 0 Å². The fourth-order valence-electron chi connectivity index (χ4n) is 1.75. The van der Waals surface area contributed by atoms with E-state index in [-0.39, 0.29) is 12.8 Å². The van der Waals surface area contributed by atoms with Crippen molar-refractivity contribution in [3.8, 4) is 0 Å². The molecule has 6 nitrogen and oxygen atoms in total. The van der Waals surface area contributed by atoms with Crippen LogP contribution < -0.4 is 5.32 Å². The zero-order valence-corrected chi connectivity index (χ0v) is 11.9. The Morgan fingerprint density at radius 2 is 1.85 bits per heavy atom. The molecule has 1 amide bonds. The van der Waals surface area contributed by atoms with Gasteiger partial charge in [0, 0.05) is 12.7 Å². The molecular formula is C13H17NO5S. The second-order valence-electron chi connectivity index (χ2n) is 4.53. The lowest BCUT2D eigenvalue weighted by molar-refractivity contribution is -0.137. The normalized spacial score (nSPS) is 12.7. The molecule has 1 atom stereocenters. The number of sulfone groups is 1. The number of nitrogens with one attached hydrogen (secondary N) is 1. The van der Waals surface area contributed by atoms with Crippen molar-refractivity contribution in [2.75, 3.05) is 12.0 Å². The summed E-state index contributed by atoms with van der Waals surface area (Å²) in [5.41, 5.74) is 0.746. The summed E-state index contributed by atoms with van der Waals surface area (Å²) in [6.07, 6.45) is 1.06. The maximum absolute atomic E-state index is 11.6. The van der Waals surface area contributed by atoms with Gasteiger partial charge in [0.2, 0.25) is 5.91 Å². The van der Waals surface area contributed by atoms with Gasteiger partial charge in [0.05, 0.1) is 6.04 Å². The quantitative estimate of drug-likeness (QED) is 0.774. The average molecular weight is 299 g/mol. The molecule has 20 heavy (non-hydrogen) atoms.